The van der Waals surface area contributed by atoms with Gasteiger partial charge >= 0.3 is 0 Å². The number of aromatic amines is 1. The van der Waals surface area contributed by atoms with Crippen LogP contribution in [-0.2, 0) is 0 Å². The summed E-state index contributed by atoms with van der Waals surface area (Å²) in [5.41, 5.74) is 0.694. The van der Waals surface area contributed by atoms with Crippen LogP contribution >= 0.6 is 34.0 Å². The molecule has 1 aliphatic rings. The van der Waals surface area contributed by atoms with Crippen molar-refractivity contribution in [3.8, 4) is 10.6 Å². The molecular formula is C22H19N3O3S3. The summed E-state index contributed by atoms with van der Waals surface area (Å²) in [7, 11) is 0. The van der Waals surface area contributed by atoms with Crippen LogP contribution in [0.3, 0.4) is 0 Å². The zero-order valence-corrected chi connectivity index (χ0v) is 18.9. The standard InChI is InChI=1S/C22H19N3O3S3/c26-14(15-6-4-10-28-15)12-19-23-21(27)18(30-19)13-17-20(16-7-5-11-29-16)24-22(31-17)25-8-2-1-3-9-25/h4-7,10-13H,1-3,8-9H2,(H,23,27)/b18-13-,19-12+. The number of thiazole rings is 2. The van der Waals surface area contributed by atoms with E-state index in [1.807, 2.05) is 17.5 Å². The van der Waals surface area contributed by atoms with Crippen molar-refractivity contribution >= 4 is 57.1 Å². The molecule has 5 rings (SSSR count). The Hall–Kier alpha value is -2.75. The van der Waals surface area contributed by atoms with Crippen molar-refractivity contribution in [3.63, 3.8) is 0 Å². The summed E-state index contributed by atoms with van der Waals surface area (Å²) < 4.78 is 6.17. The maximum absolute atomic E-state index is 12.6. The minimum absolute atomic E-state index is 0.214. The van der Waals surface area contributed by atoms with Crippen molar-refractivity contribution in [1.29, 1.82) is 0 Å². The van der Waals surface area contributed by atoms with Crippen LogP contribution in [-0.4, -0.2) is 28.8 Å². The first-order valence-corrected chi connectivity index (χ1v) is 12.5. The summed E-state index contributed by atoms with van der Waals surface area (Å²) in [6, 6.07) is 7.32. The Morgan fingerprint density at radius 2 is 2.03 bits per heavy atom. The van der Waals surface area contributed by atoms with Crippen molar-refractivity contribution in [2.45, 2.75) is 19.3 Å². The van der Waals surface area contributed by atoms with E-state index in [9.17, 15) is 9.59 Å². The molecule has 0 aromatic carbocycles. The fraction of sp³-hybridized carbons (Fsp3) is 0.227. The first kappa shape index (κ1) is 20.2. The lowest BCUT2D eigenvalue weighted by Crippen LogP contribution is -2.29. The van der Waals surface area contributed by atoms with E-state index in [0.717, 1.165) is 33.7 Å². The van der Waals surface area contributed by atoms with E-state index in [4.69, 9.17) is 9.40 Å². The normalized spacial score (nSPS) is 15.7. The Bertz CT molecular complexity index is 1360. The molecule has 0 radical (unpaired) electrons. The summed E-state index contributed by atoms with van der Waals surface area (Å²) >= 11 is 4.51. The predicted molar refractivity (Wildman–Crippen MR) is 127 cm³/mol. The number of nitrogens with one attached hydrogen (secondary N) is 1. The van der Waals surface area contributed by atoms with Crippen molar-refractivity contribution in [1.82, 2.24) is 9.97 Å². The van der Waals surface area contributed by atoms with Gasteiger partial charge in [-0.1, -0.05) is 17.4 Å². The molecule has 1 saturated heterocycles. The van der Waals surface area contributed by atoms with Crippen LogP contribution in [0.4, 0.5) is 5.13 Å². The van der Waals surface area contributed by atoms with Gasteiger partial charge in [-0.15, -0.1) is 22.7 Å². The molecule has 1 N–H and O–H groups in total. The van der Waals surface area contributed by atoms with Gasteiger partial charge in [0.05, 0.1) is 25.2 Å². The maximum atomic E-state index is 12.6. The monoisotopic (exact) mass is 469 g/mol. The third-order valence-electron chi connectivity index (χ3n) is 4.99. The molecule has 0 amide bonds. The minimum Gasteiger partial charge on any atom is -0.461 e. The number of piperidine rings is 1. The van der Waals surface area contributed by atoms with Crippen LogP contribution in [0.2, 0.25) is 0 Å². The Kier molecular flexibility index (Phi) is 5.71. The Balaban J connectivity index is 1.56. The summed E-state index contributed by atoms with van der Waals surface area (Å²) in [5, 5.41) is 3.03. The minimum atomic E-state index is -0.279. The first-order valence-electron chi connectivity index (χ1n) is 9.97. The lowest BCUT2D eigenvalue weighted by molar-refractivity contribution is 0.103. The maximum Gasteiger partial charge on any atom is 0.266 e. The number of carbonyl (C=O) groups excluding carboxylic acids is 1. The van der Waals surface area contributed by atoms with E-state index in [-0.39, 0.29) is 17.1 Å². The molecule has 9 heteroatoms. The molecule has 0 aliphatic carbocycles. The Morgan fingerprint density at radius 3 is 2.77 bits per heavy atom. The van der Waals surface area contributed by atoms with Crippen LogP contribution in [0.25, 0.3) is 22.7 Å². The van der Waals surface area contributed by atoms with Crippen molar-refractivity contribution in [3.05, 3.63) is 66.1 Å². The lowest BCUT2D eigenvalue weighted by Gasteiger charge is -2.25. The molecule has 1 aliphatic heterocycles. The summed E-state index contributed by atoms with van der Waals surface area (Å²) in [5.74, 6) is -0.0353. The van der Waals surface area contributed by atoms with Gasteiger partial charge < -0.3 is 14.3 Å². The molecule has 0 spiro atoms. The molecule has 5 heterocycles. The number of carbonyl (C=O) groups is 1. The number of anilines is 1. The number of ketones is 1. The van der Waals surface area contributed by atoms with Gasteiger partial charge in [0.15, 0.2) is 10.9 Å². The molecule has 158 valence electrons. The van der Waals surface area contributed by atoms with Gasteiger partial charge in [-0.05, 0) is 48.9 Å². The third-order valence-corrected chi connectivity index (χ3v) is 7.89. The topological polar surface area (TPSA) is 79.2 Å². The molecule has 4 aromatic heterocycles. The molecule has 31 heavy (non-hydrogen) atoms. The summed E-state index contributed by atoms with van der Waals surface area (Å²) in [4.78, 5) is 36.9. The fourth-order valence-electron chi connectivity index (χ4n) is 3.48. The van der Waals surface area contributed by atoms with Gasteiger partial charge in [-0.25, -0.2) is 4.98 Å². The quantitative estimate of drug-likeness (QED) is 0.451. The number of thiophene rings is 1. The molecule has 0 saturated carbocycles. The number of hydrogen-bond acceptors (Lipinski definition) is 8. The van der Waals surface area contributed by atoms with E-state index >= 15 is 0 Å². The largest absolute Gasteiger partial charge is 0.461 e. The highest BCUT2D eigenvalue weighted by Crippen LogP contribution is 2.36. The van der Waals surface area contributed by atoms with Gasteiger partial charge in [0.2, 0.25) is 5.78 Å². The number of nitrogens with zero attached hydrogens (tertiary/aromatic N) is 2. The molecule has 1 fully saturated rings. The number of rotatable bonds is 5. The second-order valence-corrected chi connectivity index (χ2v) is 10.2. The van der Waals surface area contributed by atoms with Crippen LogP contribution in [0.1, 0.15) is 34.7 Å². The van der Waals surface area contributed by atoms with Crippen LogP contribution in [0.5, 0.6) is 0 Å². The third kappa shape index (κ3) is 4.34. The van der Waals surface area contributed by atoms with Gasteiger partial charge in [-0.2, -0.15) is 0 Å². The smallest absolute Gasteiger partial charge is 0.266 e. The molecule has 6 nitrogen and oxygen atoms in total. The number of Topliss-reactive ketones (excluding diaryl/α,β-unsaturated/α-hetero) is 1. The van der Waals surface area contributed by atoms with E-state index in [1.54, 1.807) is 34.8 Å². The molecule has 0 atom stereocenters. The summed E-state index contributed by atoms with van der Waals surface area (Å²) in [6.07, 6.45) is 8.36. The number of furan rings is 1. The van der Waals surface area contributed by atoms with E-state index in [1.165, 1.54) is 42.9 Å². The van der Waals surface area contributed by atoms with Gasteiger partial charge in [-0.3, -0.25) is 9.59 Å². The second kappa shape index (κ2) is 8.78. The zero-order chi connectivity index (χ0) is 21.2. The van der Waals surface area contributed by atoms with Crippen molar-refractivity contribution in [2.75, 3.05) is 18.0 Å². The average Bonchev–Trinajstić information content (AvgIpc) is 3.57. The highest BCUT2D eigenvalue weighted by molar-refractivity contribution is 7.18. The number of aromatic nitrogens is 2. The zero-order valence-electron chi connectivity index (χ0n) is 16.5. The van der Waals surface area contributed by atoms with Crippen LogP contribution in [0, 0.1) is 0 Å². The van der Waals surface area contributed by atoms with Crippen LogP contribution < -0.4 is 19.7 Å². The van der Waals surface area contributed by atoms with E-state index in [2.05, 4.69) is 16.0 Å². The van der Waals surface area contributed by atoms with Crippen molar-refractivity contribution in [2.24, 2.45) is 0 Å². The van der Waals surface area contributed by atoms with Gasteiger partial charge in [0.25, 0.3) is 5.56 Å². The first-order chi connectivity index (χ1) is 15.2. The van der Waals surface area contributed by atoms with E-state index < -0.39 is 0 Å². The molecule has 0 unspecified atom stereocenters. The molecular weight excluding hydrogens is 450 g/mol. The fourth-order valence-corrected chi connectivity index (χ4v) is 6.29. The van der Waals surface area contributed by atoms with E-state index in [0.29, 0.717) is 9.20 Å². The second-order valence-electron chi connectivity index (χ2n) is 7.15. The summed E-state index contributed by atoms with van der Waals surface area (Å²) in [6.45, 7) is 2.04. The Labute approximate surface area is 189 Å². The molecule has 4 aromatic rings. The lowest BCUT2D eigenvalue weighted by atomic mass is 10.1. The highest BCUT2D eigenvalue weighted by Gasteiger charge is 2.19. The predicted octanol–water partition coefficient (Wildman–Crippen LogP) is 3.70. The highest BCUT2D eigenvalue weighted by atomic mass is 32.1. The SMILES string of the molecule is O=C(/C=c1\[nH]c(=O)/c(=C/c2sc(N3CCCCC3)nc2-c2cccs2)s1)c1ccco1. The van der Waals surface area contributed by atoms with Crippen LogP contribution in [0.15, 0.2) is 45.1 Å². The molecule has 0 bridgehead atoms. The Morgan fingerprint density at radius 1 is 1.16 bits per heavy atom. The number of hydrogen-bond donors (Lipinski definition) is 1. The number of H-pyrrole nitrogens is 1. The van der Waals surface area contributed by atoms with Gasteiger partial charge in [0.1, 0.15) is 5.69 Å². The van der Waals surface area contributed by atoms with Crippen molar-refractivity contribution < 1.29 is 9.21 Å². The van der Waals surface area contributed by atoms with Gasteiger partial charge in [0, 0.05) is 19.2 Å². The average molecular weight is 470 g/mol.